The van der Waals surface area contributed by atoms with Gasteiger partial charge in [0.05, 0.1) is 10.7 Å². The number of para-hydroxylation sites is 1. The summed E-state index contributed by atoms with van der Waals surface area (Å²) in [6.45, 7) is 7.69. The minimum absolute atomic E-state index is 0.265. The molecule has 0 aromatic heterocycles. The molecular formula is C15H21ClN2O. The lowest BCUT2D eigenvalue weighted by atomic mass is 10.1. The highest BCUT2D eigenvalue weighted by molar-refractivity contribution is 6.33. The third-order valence-electron chi connectivity index (χ3n) is 3.71. The Balaban J connectivity index is 1.92. The summed E-state index contributed by atoms with van der Waals surface area (Å²) in [4.78, 5) is 15.9. The SMILES string of the molecule is CC(=O)CC(C)N1CCN(c2ccccc2Cl)CC1. The molecule has 104 valence electrons. The molecule has 3 nitrogen and oxygen atoms in total. The molecule has 1 aromatic carbocycles. The Morgan fingerprint density at radius 3 is 2.47 bits per heavy atom. The van der Waals surface area contributed by atoms with Gasteiger partial charge in [0, 0.05) is 38.6 Å². The number of carbonyl (C=O) groups excluding carboxylic acids is 1. The maximum Gasteiger partial charge on any atom is 0.131 e. The molecule has 1 aliphatic rings. The van der Waals surface area contributed by atoms with Gasteiger partial charge in [-0.3, -0.25) is 9.69 Å². The second-order valence-electron chi connectivity index (χ2n) is 5.23. The van der Waals surface area contributed by atoms with Gasteiger partial charge in [0.2, 0.25) is 0 Å². The van der Waals surface area contributed by atoms with Crippen molar-refractivity contribution in [1.82, 2.24) is 4.90 Å². The van der Waals surface area contributed by atoms with Crippen LogP contribution in [0.3, 0.4) is 0 Å². The first-order valence-electron chi connectivity index (χ1n) is 6.81. The normalized spacial score (nSPS) is 18.4. The number of benzene rings is 1. The number of Topliss-reactive ketones (excluding diaryl/α,β-unsaturated/α-hetero) is 1. The van der Waals surface area contributed by atoms with Gasteiger partial charge in [0.25, 0.3) is 0 Å². The van der Waals surface area contributed by atoms with Crippen molar-refractivity contribution >= 4 is 23.1 Å². The molecule has 1 atom stereocenters. The summed E-state index contributed by atoms with van der Waals surface area (Å²) in [5.41, 5.74) is 1.11. The van der Waals surface area contributed by atoms with Gasteiger partial charge in [0.15, 0.2) is 0 Å². The second-order valence-corrected chi connectivity index (χ2v) is 5.64. The molecule has 0 amide bonds. The Bertz CT molecular complexity index is 442. The molecule has 0 spiro atoms. The smallest absolute Gasteiger partial charge is 0.131 e. The Hall–Kier alpha value is -1.06. The average Bonchev–Trinajstić information content (AvgIpc) is 2.39. The maximum atomic E-state index is 11.2. The minimum atomic E-state index is 0.265. The molecule has 1 aromatic rings. The van der Waals surface area contributed by atoms with E-state index in [0.717, 1.165) is 36.9 Å². The predicted octanol–water partition coefficient (Wildman–Crippen LogP) is 2.83. The van der Waals surface area contributed by atoms with Crippen LogP contribution in [0, 0.1) is 0 Å². The van der Waals surface area contributed by atoms with Crippen molar-refractivity contribution < 1.29 is 4.79 Å². The number of nitrogens with zero attached hydrogens (tertiary/aromatic N) is 2. The fraction of sp³-hybridized carbons (Fsp3) is 0.533. The van der Waals surface area contributed by atoms with Gasteiger partial charge in [0.1, 0.15) is 5.78 Å². The minimum Gasteiger partial charge on any atom is -0.368 e. The van der Waals surface area contributed by atoms with Crippen LogP contribution >= 0.6 is 11.6 Å². The van der Waals surface area contributed by atoms with Crippen LogP contribution in [0.1, 0.15) is 20.3 Å². The van der Waals surface area contributed by atoms with E-state index in [4.69, 9.17) is 11.6 Å². The van der Waals surface area contributed by atoms with Crippen molar-refractivity contribution in [1.29, 1.82) is 0 Å². The van der Waals surface area contributed by atoms with Gasteiger partial charge in [-0.2, -0.15) is 0 Å². The number of ketones is 1. The molecule has 0 saturated carbocycles. The van der Waals surface area contributed by atoms with Crippen molar-refractivity contribution in [2.45, 2.75) is 26.3 Å². The van der Waals surface area contributed by atoms with Crippen LogP contribution in [0.5, 0.6) is 0 Å². The number of rotatable bonds is 4. The second kappa shape index (κ2) is 6.40. The van der Waals surface area contributed by atoms with Crippen molar-refractivity contribution in [3.63, 3.8) is 0 Å². The lowest BCUT2D eigenvalue weighted by Crippen LogP contribution is -2.50. The van der Waals surface area contributed by atoms with Crippen LogP contribution in [0.15, 0.2) is 24.3 Å². The molecule has 1 fully saturated rings. The lowest BCUT2D eigenvalue weighted by molar-refractivity contribution is -0.118. The molecule has 0 aliphatic carbocycles. The topological polar surface area (TPSA) is 23.6 Å². The zero-order valence-electron chi connectivity index (χ0n) is 11.6. The van der Waals surface area contributed by atoms with Crippen molar-refractivity contribution in [3.8, 4) is 0 Å². The number of anilines is 1. The number of halogens is 1. The van der Waals surface area contributed by atoms with Gasteiger partial charge >= 0.3 is 0 Å². The van der Waals surface area contributed by atoms with Crippen LogP contribution in [-0.4, -0.2) is 42.9 Å². The van der Waals surface area contributed by atoms with Gasteiger partial charge in [-0.05, 0) is 26.0 Å². The summed E-state index contributed by atoms with van der Waals surface area (Å²) in [5, 5.41) is 0.813. The monoisotopic (exact) mass is 280 g/mol. The molecule has 1 aliphatic heterocycles. The van der Waals surface area contributed by atoms with E-state index in [0.29, 0.717) is 12.5 Å². The van der Waals surface area contributed by atoms with E-state index in [2.05, 4.69) is 22.8 Å². The molecule has 1 unspecified atom stereocenters. The van der Waals surface area contributed by atoms with Crippen LogP contribution < -0.4 is 4.90 Å². The maximum absolute atomic E-state index is 11.2. The Kier molecular flexibility index (Phi) is 4.83. The van der Waals surface area contributed by atoms with E-state index >= 15 is 0 Å². The van der Waals surface area contributed by atoms with Crippen LogP contribution in [0.25, 0.3) is 0 Å². The largest absolute Gasteiger partial charge is 0.368 e. The summed E-state index contributed by atoms with van der Waals surface area (Å²) in [5.74, 6) is 0.265. The highest BCUT2D eigenvalue weighted by Crippen LogP contribution is 2.26. The molecule has 0 bridgehead atoms. The zero-order chi connectivity index (χ0) is 13.8. The first kappa shape index (κ1) is 14.4. The standard InChI is InChI=1S/C15H21ClN2O/c1-12(11-13(2)19)17-7-9-18(10-8-17)15-6-4-3-5-14(15)16/h3-6,12H,7-11H2,1-2H3. The zero-order valence-corrected chi connectivity index (χ0v) is 12.4. The van der Waals surface area contributed by atoms with E-state index in [1.165, 1.54) is 0 Å². The van der Waals surface area contributed by atoms with Crippen molar-refractivity contribution in [3.05, 3.63) is 29.3 Å². The van der Waals surface area contributed by atoms with Gasteiger partial charge in [-0.15, -0.1) is 0 Å². The summed E-state index contributed by atoms with van der Waals surface area (Å²) in [6, 6.07) is 8.31. The van der Waals surface area contributed by atoms with E-state index in [1.807, 2.05) is 18.2 Å². The van der Waals surface area contributed by atoms with Crippen molar-refractivity contribution in [2.75, 3.05) is 31.1 Å². The van der Waals surface area contributed by atoms with E-state index < -0.39 is 0 Å². The molecule has 4 heteroatoms. The summed E-state index contributed by atoms with van der Waals surface area (Å²) < 4.78 is 0. The van der Waals surface area contributed by atoms with Crippen LogP contribution in [0.2, 0.25) is 5.02 Å². The molecule has 1 heterocycles. The highest BCUT2D eigenvalue weighted by atomic mass is 35.5. The summed E-state index contributed by atoms with van der Waals surface area (Å²) in [7, 11) is 0. The molecular weight excluding hydrogens is 260 g/mol. The molecule has 0 N–H and O–H groups in total. The molecule has 19 heavy (non-hydrogen) atoms. The number of carbonyl (C=O) groups is 1. The summed E-state index contributed by atoms with van der Waals surface area (Å²) >= 11 is 6.23. The Morgan fingerprint density at radius 2 is 1.89 bits per heavy atom. The van der Waals surface area contributed by atoms with E-state index in [1.54, 1.807) is 6.92 Å². The third kappa shape index (κ3) is 3.71. The Morgan fingerprint density at radius 1 is 1.26 bits per heavy atom. The van der Waals surface area contributed by atoms with E-state index in [9.17, 15) is 4.79 Å². The third-order valence-corrected chi connectivity index (χ3v) is 4.03. The average molecular weight is 281 g/mol. The molecule has 1 saturated heterocycles. The quantitative estimate of drug-likeness (QED) is 0.847. The van der Waals surface area contributed by atoms with Crippen LogP contribution in [0.4, 0.5) is 5.69 Å². The van der Waals surface area contributed by atoms with Crippen molar-refractivity contribution in [2.24, 2.45) is 0 Å². The molecule has 2 rings (SSSR count). The number of hydrogen-bond donors (Lipinski definition) is 0. The van der Waals surface area contributed by atoms with Gasteiger partial charge in [-0.25, -0.2) is 0 Å². The van der Waals surface area contributed by atoms with E-state index in [-0.39, 0.29) is 5.78 Å². The molecule has 0 radical (unpaired) electrons. The predicted molar refractivity (Wildman–Crippen MR) is 80.0 cm³/mol. The number of hydrogen-bond acceptors (Lipinski definition) is 3. The first-order valence-corrected chi connectivity index (χ1v) is 7.18. The number of piperazine rings is 1. The fourth-order valence-corrected chi connectivity index (χ4v) is 2.91. The summed E-state index contributed by atoms with van der Waals surface area (Å²) in [6.07, 6.45) is 0.645. The van der Waals surface area contributed by atoms with Crippen LogP contribution in [-0.2, 0) is 4.79 Å². The fourth-order valence-electron chi connectivity index (χ4n) is 2.66. The van der Waals surface area contributed by atoms with Gasteiger partial charge < -0.3 is 4.90 Å². The highest BCUT2D eigenvalue weighted by Gasteiger charge is 2.22. The Labute approximate surface area is 120 Å². The lowest BCUT2D eigenvalue weighted by Gasteiger charge is -2.39. The first-order chi connectivity index (χ1) is 9.08. The van der Waals surface area contributed by atoms with Gasteiger partial charge in [-0.1, -0.05) is 23.7 Å².